The van der Waals surface area contributed by atoms with Gasteiger partial charge in [0.05, 0.1) is 41.2 Å². The third-order valence-corrected chi connectivity index (χ3v) is 7.63. The Morgan fingerprint density at radius 2 is 2.05 bits per heavy atom. The highest BCUT2D eigenvalue weighted by Gasteiger charge is 2.43. The average molecular weight is 531 g/mol. The van der Waals surface area contributed by atoms with Crippen LogP contribution in [0.5, 0.6) is 0 Å². The van der Waals surface area contributed by atoms with E-state index in [9.17, 15) is 9.90 Å². The first-order chi connectivity index (χ1) is 17.8. The molecule has 6 rings (SSSR count). The van der Waals surface area contributed by atoms with E-state index < -0.39 is 18.2 Å². The van der Waals surface area contributed by atoms with Gasteiger partial charge in [0.15, 0.2) is 12.1 Å². The van der Waals surface area contributed by atoms with Gasteiger partial charge >= 0.3 is 0 Å². The summed E-state index contributed by atoms with van der Waals surface area (Å²) in [7, 11) is 3.31. The molecule has 2 aliphatic heterocycles. The molecule has 12 heteroatoms. The van der Waals surface area contributed by atoms with E-state index in [1.807, 2.05) is 4.57 Å². The number of amides is 1. The Morgan fingerprint density at radius 1 is 1.27 bits per heavy atom. The minimum Gasteiger partial charge on any atom is -0.386 e. The van der Waals surface area contributed by atoms with E-state index in [4.69, 9.17) is 21.1 Å². The van der Waals surface area contributed by atoms with Gasteiger partial charge in [-0.25, -0.2) is 19.3 Å². The molecule has 1 aliphatic carbocycles. The number of rotatable bonds is 5. The zero-order valence-electron chi connectivity index (χ0n) is 20.5. The molecular formula is C25H28ClFN6O4. The number of hydrogen-bond acceptors (Lipinski definition) is 8. The van der Waals surface area contributed by atoms with Gasteiger partial charge in [-0.05, 0) is 31.4 Å². The maximum absolute atomic E-state index is 15.5. The number of nitrogens with zero attached hydrogens (tertiary/aromatic N) is 5. The number of fused-ring (bicyclic) bond motifs is 3. The molecule has 2 N–H and O–H groups in total. The van der Waals surface area contributed by atoms with Crippen LogP contribution in [0.1, 0.15) is 48.8 Å². The molecule has 37 heavy (non-hydrogen) atoms. The number of anilines is 1. The van der Waals surface area contributed by atoms with Crippen LogP contribution in [0.4, 0.5) is 10.3 Å². The molecule has 3 aliphatic rings. The molecule has 2 aromatic heterocycles. The lowest BCUT2D eigenvalue weighted by Gasteiger charge is -2.32. The number of ether oxygens (including phenoxy) is 2. The van der Waals surface area contributed by atoms with Gasteiger partial charge in [-0.1, -0.05) is 24.4 Å². The van der Waals surface area contributed by atoms with E-state index in [-0.39, 0.29) is 46.4 Å². The fraction of sp³-hybridized carbons (Fsp3) is 0.520. The number of aromatic nitrogens is 4. The van der Waals surface area contributed by atoms with Crippen LogP contribution in [-0.4, -0.2) is 80.7 Å². The van der Waals surface area contributed by atoms with Gasteiger partial charge in [-0.2, -0.15) is 0 Å². The molecule has 1 amide bonds. The van der Waals surface area contributed by atoms with Crippen LogP contribution >= 0.6 is 11.6 Å². The van der Waals surface area contributed by atoms with Crippen molar-refractivity contribution in [3.8, 4) is 11.3 Å². The van der Waals surface area contributed by atoms with Crippen LogP contribution in [0.15, 0.2) is 18.3 Å². The number of imidazole rings is 1. The lowest BCUT2D eigenvalue weighted by molar-refractivity contribution is -0.156. The van der Waals surface area contributed by atoms with Crippen molar-refractivity contribution in [2.75, 3.05) is 26.0 Å². The van der Waals surface area contributed by atoms with Gasteiger partial charge in [0.25, 0.3) is 5.91 Å². The average Bonchev–Trinajstić information content (AvgIpc) is 3.62. The molecule has 1 aromatic carbocycles. The first kappa shape index (κ1) is 24.5. The molecule has 2 bridgehead atoms. The van der Waals surface area contributed by atoms with Crippen molar-refractivity contribution >= 4 is 34.5 Å². The van der Waals surface area contributed by atoms with Crippen LogP contribution in [0.25, 0.3) is 22.3 Å². The Labute approximate surface area is 217 Å². The molecule has 1 saturated carbocycles. The molecule has 0 spiro atoms. The number of aliphatic hydroxyl groups is 1. The summed E-state index contributed by atoms with van der Waals surface area (Å²) in [6.45, 7) is 0.429. The highest BCUT2D eigenvalue weighted by Crippen LogP contribution is 2.37. The van der Waals surface area contributed by atoms with Crippen molar-refractivity contribution < 1.29 is 23.8 Å². The highest BCUT2D eigenvalue weighted by atomic mass is 35.5. The fourth-order valence-electron chi connectivity index (χ4n) is 5.51. The molecular weight excluding hydrogens is 503 g/mol. The maximum Gasteiger partial charge on any atom is 0.289 e. The molecule has 196 valence electrons. The lowest BCUT2D eigenvalue weighted by atomic mass is 10.0. The monoisotopic (exact) mass is 530 g/mol. The van der Waals surface area contributed by atoms with E-state index in [2.05, 4.69) is 20.3 Å². The second-order valence-corrected chi connectivity index (χ2v) is 10.5. The summed E-state index contributed by atoms with van der Waals surface area (Å²) in [5, 5.41) is 14.0. The van der Waals surface area contributed by atoms with E-state index in [0.29, 0.717) is 29.8 Å². The number of halogens is 2. The maximum atomic E-state index is 15.5. The van der Waals surface area contributed by atoms with Crippen LogP contribution in [0.2, 0.25) is 5.02 Å². The van der Waals surface area contributed by atoms with Crippen molar-refractivity contribution in [3.63, 3.8) is 0 Å². The molecule has 0 radical (unpaired) electrons. The Kier molecular flexibility index (Phi) is 6.26. The van der Waals surface area contributed by atoms with Gasteiger partial charge in [0.1, 0.15) is 11.6 Å². The highest BCUT2D eigenvalue weighted by molar-refractivity contribution is 6.33. The standard InChI is InChI=1S/C25H28ClFN6O4/c1-32(2)23(35)22-30-20-16(27)7-12(8-18(20)33(22)13-5-3-4-6-13)19-15(26)10-28-25(31-19)29-17-9-14-11-36-24(37-14)21(17)34/h7-8,10,13-14,17,21,24,34H,3-6,9,11H2,1-2H3,(H,28,29,31)/t14-,17+,21-,24+/m0/s1. The van der Waals surface area contributed by atoms with Gasteiger partial charge in [-0.3, -0.25) is 4.79 Å². The number of nitrogens with one attached hydrogen (secondary N) is 1. The van der Waals surface area contributed by atoms with E-state index >= 15 is 4.39 Å². The number of carbonyl (C=O) groups excluding carboxylic acids is 1. The molecule has 4 atom stereocenters. The van der Waals surface area contributed by atoms with E-state index in [0.717, 1.165) is 25.7 Å². The molecule has 2 saturated heterocycles. The number of benzene rings is 1. The summed E-state index contributed by atoms with van der Waals surface area (Å²) < 4.78 is 28.4. The van der Waals surface area contributed by atoms with Crippen LogP contribution in [-0.2, 0) is 9.47 Å². The van der Waals surface area contributed by atoms with Crippen molar-refractivity contribution in [3.05, 3.63) is 35.0 Å². The summed E-state index contributed by atoms with van der Waals surface area (Å²) in [6.07, 6.45) is 4.17. The van der Waals surface area contributed by atoms with Crippen LogP contribution < -0.4 is 5.32 Å². The smallest absolute Gasteiger partial charge is 0.289 e. The summed E-state index contributed by atoms with van der Waals surface area (Å²) in [5.41, 5.74) is 1.45. The zero-order chi connectivity index (χ0) is 25.8. The molecule has 10 nitrogen and oxygen atoms in total. The SMILES string of the molecule is CN(C)C(=O)c1nc2c(F)cc(-c3nc(N[C@@H]4C[C@H]5CO[C@H](O5)[C@H]4O)ncc3Cl)cc2n1C1CCCC1. The summed E-state index contributed by atoms with van der Waals surface area (Å²) in [4.78, 5) is 27.7. The van der Waals surface area contributed by atoms with E-state index in [1.165, 1.54) is 17.2 Å². The third-order valence-electron chi connectivity index (χ3n) is 7.35. The third kappa shape index (κ3) is 4.33. The quantitative estimate of drug-likeness (QED) is 0.516. The second kappa shape index (κ2) is 9.46. The Bertz CT molecular complexity index is 1360. The predicted octanol–water partition coefficient (Wildman–Crippen LogP) is 3.39. The van der Waals surface area contributed by atoms with Gasteiger partial charge < -0.3 is 29.4 Å². The Balaban J connectivity index is 1.40. The van der Waals surface area contributed by atoms with Crippen molar-refractivity contribution in [2.45, 2.75) is 62.7 Å². The topological polar surface area (TPSA) is 115 Å². The summed E-state index contributed by atoms with van der Waals surface area (Å²) in [6, 6.07) is 2.80. The Morgan fingerprint density at radius 3 is 2.81 bits per heavy atom. The second-order valence-electron chi connectivity index (χ2n) is 10.1. The van der Waals surface area contributed by atoms with Crippen molar-refractivity contribution in [1.29, 1.82) is 0 Å². The minimum atomic E-state index is -0.885. The van der Waals surface area contributed by atoms with Gasteiger partial charge in [-0.15, -0.1) is 0 Å². The molecule has 0 unspecified atom stereocenters. The lowest BCUT2D eigenvalue weighted by Crippen LogP contribution is -2.48. The minimum absolute atomic E-state index is 0.0595. The van der Waals surface area contributed by atoms with E-state index in [1.54, 1.807) is 20.2 Å². The largest absolute Gasteiger partial charge is 0.386 e. The predicted molar refractivity (Wildman–Crippen MR) is 134 cm³/mol. The fourth-order valence-corrected chi connectivity index (χ4v) is 5.71. The first-order valence-electron chi connectivity index (χ1n) is 12.5. The van der Waals surface area contributed by atoms with Crippen molar-refractivity contribution in [2.24, 2.45) is 0 Å². The zero-order valence-corrected chi connectivity index (χ0v) is 21.3. The molecule has 4 heterocycles. The van der Waals surface area contributed by atoms with Crippen molar-refractivity contribution in [1.82, 2.24) is 24.4 Å². The van der Waals surface area contributed by atoms with Crippen LogP contribution in [0, 0.1) is 5.82 Å². The normalized spacial score (nSPS) is 25.6. The molecule has 3 fully saturated rings. The van der Waals surface area contributed by atoms with Gasteiger partial charge in [0.2, 0.25) is 11.8 Å². The Hall–Kier alpha value is -2.86. The number of hydrogen-bond donors (Lipinski definition) is 2. The first-order valence-corrected chi connectivity index (χ1v) is 12.9. The summed E-state index contributed by atoms with van der Waals surface area (Å²) in [5.74, 6) is -0.360. The van der Waals surface area contributed by atoms with Gasteiger partial charge in [0, 0.05) is 25.7 Å². The number of aliphatic hydroxyl groups excluding tert-OH is 1. The summed E-state index contributed by atoms with van der Waals surface area (Å²) >= 11 is 6.48. The van der Waals surface area contributed by atoms with Crippen LogP contribution in [0.3, 0.4) is 0 Å². The molecule has 3 aromatic rings. The number of carbonyl (C=O) groups is 1.